The summed E-state index contributed by atoms with van der Waals surface area (Å²) in [6, 6.07) is 12.5. The summed E-state index contributed by atoms with van der Waals surface area (Å²) in [5.41, 5.74) is 2.25. The highest BCUT2D eigenvalue weighted by Gasteiger charge is 2.28. The molecule has 1 N–H and O–H groups in total. The van der Waals surface area contributed by atoms with Crippen molar-refractivity contribution in [3.05, 3.63) is 63.1 Å². The first-order chi connectivity index (χ1) is 9.97. The van der Waals surface area contributed by atoms with Crippen molar-refractivity contribution < 1.29 is 8.42 Å². The van der Waals surface area contributed by atoms with Crippen molar-refractivity contribution >= 4 is 37.6 Å². The summed E-state index contributed by atoms with van der Waals surface area (Å²) in [5, 5.41) is 0.211. The van der Waals surface area contributed by atoms with Crippen molar-refractivity contribution in [2.45, 2.75) is 23.8 Å². The molecule has 3 rings (SSSR count). The molecule has 0 aliphatic heterocycles. The Hall–Kier alpha value is -0.880. The van der Waals surface area contributed by atoms with Crippen LogP contribution in [0, 0.1) is 0 Å². The third kappa shape index (κ3) is 3.01. The van der Waals surface area contributed by atoms with Crippen LogP contribution in [-0.4, -0.2) is 8.42 Å². The van der Waals surface area contributed by atoms with Crippen LogP contribution in [0.3, 0.4) is 0 Å². The first-order valence-corrected chi connectivity index (χ1v) is 9.18. The Bertz CT molecular complexity index is 792. The predicted octanol–water partition coefficient (Wildman–Crippen LogP) is 4.07. The quantitative estimate of drug-likeness (QED) is 0.864. The van der Waals surface area contributed by atoms with Crippen LogP contribution in [-0.2, 0) is 16.4 Å². The summed E-state index contributed by atoms with van der Waals surface area (Å²) < 4.78 is 28.5. The van der Waals surface area contributed by atoms with Crippen molar-refractivity contribution in [2.24, 2.45) is 0 Å². The minimum atomic E-state index is -3.64. The van der Waals surface area contributed by atoms with Crippen LogP contribution in [0.25, 0.3) is 0 Å². The maximum absolute atomic E-state index is 12.5. The number of fused-ring (bicyclic) bond motifs is 1. The van der Waals surface area contributed by atoms with E-state index in [1.165, 1.54) is 11.6 Å². The van der Waals surface area contributed by atoms with Crippen molar-refractivity contribution in [3.8, 4) is 0 Å². The fraction of sp³-hybridized carbons (Fsp3) is 0.200. The lowest BCUT2D eigenvalue weighted by Gasteiger charge is -2.15. The average molecular weight is 387 g/mol. The van der Waals surface area contributed by atoms with Crippen LogP contribution in [0.1, 0.15) is 23.6 Å². The Morgan fingerprint density at radius 3 is 2.71 bits per heavy atom. The van der Waals surface area contributed by atoms with E-state index in [0.29, 0.717) is 0 Å². The molecule has 6 heteroatoms. The first-order valence-electron chi connectivity index (χ1n) is 6.52. The summed E-state index contributed by atoms with van der Waals surface area (Å²) >= 11 is 9.32. The highest BCUT2D eigenvalue weighted by molar-refractivity contribution is 9.10. The van der Waals surface area contributed by atoms with Crippen LogP contribution in [0.4, 0.5) is 0 Å². The van der Waals surface area contributed by atoms with Crippen LogP contribution >= 0.6 is 27.5 Å². The molecule has 0 fully saturated rings. The molecule has 0 aromatic heterocycles. The average Bonchev–Trinajstić information content (AvgIpc) is 2.81. The monoisotopic (exact) mass is 385 g/mol. The van der Waals surface area contributed by atoms with E-state index in [9.17, 15) is 8.42 Å². The van der Waals surface area contributed by atoms with Crippen LogP contribution < -0.4 is 4.72 Å². The van der Waals surface area contributed by atoms with Crippen molar-refractivity contribution in [2.75, 3.05) is 0 Å². The fourth-order valence-corrected chi connectivity index (χ4v) is 4.91. The lowest BCUT2D eigenvalue weighted by molar-refractivity contribution is 0.554. The van der Waals surface area contributed by atoms with Crippen LogP contribution in [0.5, 0.6) is 0 Å². The highest BCUT2D eigenvalue weighted by Crippen LogP contribution is 2.33. The molecule has 0 amide bonds. The fourth-order valence-electron chi connectivity index (χ4n) is 2.62. The molecule has 1 aliphatic carbocycles. The van der Waals surface area contributed by atoms with Crippen molar-refractivity contribution in [3.63, 3.8) is 0 Å². The number of benzene rings is 2. The maximum atomic E-state index is 12.5. The lowest BCUT2D eigenvalue weighted by Crippen LogP contribution is -2.27. The molecule has 0 radical (unpaired) electrons. The smallest absolute Gasteiger partial charge is 0.207 e. The molecule has 1 aliphatic rings. The number of halogens is 2. The number of hydrogen-bond acceptors (Lipinski definition) is 2. The minimum absolute atomic E-state index is 0.108. The van der Waals surface area contributed by atoms with E-state index in [1.807, 2.05) is 24.3 Å². The molecule has 1 atom stereocenters. The number of nitrogens with one attached hydrogen (secondary N) is 1. The molecule has 0 heterocycles. The summed E-state index contributed by atoms with van der Waals surface area (Å²) in [5.74, 6) is 0. The predicted molar refractivity (Wildman–Crippen MR) is 87.0 cm³/mol. The lowest BCUT2D eigenvalue weighted by atomic mass is 10.1. The normalized spacial score (nSPS) is 17.7. The maximum Gasteiger partial charge on any atom is 0.242 e. The van der Waals surface area contributed by atoms with Gasteiger partial charge in [-0.15, -0.1) is 0 Å². The van der Waals surface area contributed by atoms with Gasteiger partial charge in [-0.1, -0.05) is 51.8 Å². The molecular formula is C15H13BrClNO2S. The minimum Gasteiger partial charge on any atom is -0.207 e. The Morgan fingerprint density at radius 1 is 1.19 bits per heavy atom. The summed E-state index contributed by atoms with van der Waals surface area (Å²) in [6.07, 6.45) is 1.66. The third-order valence-corrected chi connectivity index (χ3v) is 6.06. The molecule has 0 saturated heterocycles. The Labute approximate surface area is 137 Å². The second-order valence-electron chi connectivity index (χ2n) is 4.99. The van der Waals surface area contributed by atoms with E-state index in [4.69, 9.17) is 11.6 Å². The van der Waals surface area contributed by atoms with Crippen molar-refractivity contribution in [1.82, 2.24) is 4.72 Å². The molecule has 110 valence electrons. The van der Waals surface area contributed by atoms with Crippen LogP contribution in [0.15, 0.2) is 51.8 Å². The van der Waals surface area contributed by atoms with Crippen LogP contribution in [0.2, 0.25) is 5.02 Å². The van der Waals surface area contributed by atoms with E-state index in [2.05, 4.69) is 20.7 Å². The van der Waals surface area contributed by atoms with Gasteiger partial charge in [0.15, 0.2) is 0 Å². The SMILES string of the molecule is O=S(=O)(NC1CCc2ccccc21)c1ccc(Br)cc1Cl. The second kappa shape index (κ2) is 5.72. The molecule has 2 aromatic carbocycles. The van der Waals surface area contributed by atoms with E-state index in [1.54, 1.807) is 12.1 Å². The van der Waals surface area contributed by atoms with Gasteiger partial charge in [-0.25, -0.2) is 13.1 Å². The Balaban J connectivity index is 1.91. The molecule has 0 saturated carbocycles. The topological polar surface area (TPSA) is 46.2 Å². The van der Waals surface area contributed by atoms with Gasteiger partial charge in [-0.2, -0.15) is 0 Å². The van der Waals surface area contributed by atoms with E-state index >= 15 is 0 Å². The van der Waals surface area contributed by atoms with Gasteiger partial charge in [-0.05, 0) is 42.2 Å². The Morgan fingerprint density at radius 2 is 1.95 bits per heavy atom. The van der Waals surface area contributed by atoms with Gasteiger partial charge >= 0.3 is 0 Å². The highest BCUT2D eigenvalue weighted by atomic mass is 79.9. The van der Waals surface area contributed by atoms with Gasteiger partial charge in [0.25, 0.3) is 0 Å². The largest absolute Gasteiger partial charge is 0.242 e. The first kappa shape index (κ1) is 15.0. The zero-order valence-corrected chi connectivity index (χ0v) is 14.2. The Kier molecular flexibility index (Phi) is 4.10. The van der Waals surface area contributed by atoms with Crippen molar-refractivity contribution in [1.29, 1.82) is 0 Å². The standard InChI is InChI=1S/C15H13BrClNO2S/c16-11-6-8-15(13(17)9-11)21(19,20)18-14-7-5-10-3-1-2-4-12(10)14/h1-4,6,8-9,14,18H,5,7H2. The zero-order chi connectivity index (χ0) is 15.0. The molecule has 1 unspecified atom stereocenters. The summed E-state index contributed by atoms with van der Waals surface area (Å²) in [6.45, 7) is 0. The number of rotatable bonds is 3. The number of aryl methyl sites for hydroxylation is 1. The van der Waals surface area contributed by atoms with E-state index < -0.39 is 10.0 Å². The second-order valence-corrected chi connectivity index (χ2v) is 7.99. The number of sulfonamides is 1. The molecule has 2 aromatic rings. The van der Waals surface area contributed by atoms with E-state index in [-0.39, 0.29) is 16.0 Å². The van der Waals surface area contributed by atoms with Gasteiger partial charge < -0.3 is 0 Å². The third-order valence-electron chi connectivity index (χ3n) is 3.61. The van der Waals surface area contributed by atoms with Gasteiger partial charge in [0.2, 0.25) is 10.0 Å². The molecule has 21 heavy (non-hydrogen) atoms. The van der Waals surface area contributed by atoms with E-state index in [0.717, 1.165) is 22.9 Å². The molecule has 0 spiro atoms. The van der Waals surface area contributed by atoms with Gasteiger partial charge in [-0.3, -0.25) is 0 Å². The summed E-state index contributed by atoms with van der Waals surface area (Å²) in [7, 11) is -3.64. The molecular weight excluding hydrogens is 374 g/mol. The van der Waals surface area contributed by atoms with Gasteiger partial charge in [0, 0.05) is 10.5 Å². The molecule has 0 bridgehead atoms. The van der Waals surface area contributed by atoms with Gasteiger partial charge in [0.05, 0.1) is 5.02 Å². The zero-order valence-electron chi connectivity index (χ0n) is 11.0. The number of hydrogen-bond donors (Lipinski definition) is 1. The molecule has 3 nitrogen and oxygen atoms in total. The van der Waals surface area contributed by atoms with Gasteiger partial charge in [0.1, 0.15) is 4.90 Å². The summed E-state index contributed by atoms with van der Waals surface area (Å²) in [4.78, 5) is 0.108.